The third-order valence-electron chi connectivity index (χ3n) is 2.08. The lowest BCUT2D eigenvalue weighted by Crippen LogP contribution is -2.12. The van der Waals surface area contributed by atoms with Crippen molar-refractivity contribution in [3.05, 3.63) is 37.1 Å². The first-order chi connectivity index (χ1) is 7.68. The number of hydrogen-bond donors (Lipinski definition) is 2. The molecule has 0 saturated carbocycles. The predicted molar refractivity (Wildman–Crippen MR) is 66.7 cm³/mol. The fraction of sp³-hybridized carbons (Fsp3) is 0.222. The van der Waals surface area contributed by atoms with Gasteiger partial charge in [0, 0.05) is 4.88 Å². The largest absolute Gasteiger partial charge is 0.378 e. The highest BCUT2D eigenvalue weighted by atomic mass is 79.9. The Morgan fingerprint density at radius 3 is 3.12 bits per heavy atom. The summed E-state index contributed by atoms with van der Waals surface area (Å²) in [5, 5.41) is 9.21. The summed E-state index contributed by atoms with van der Waals surface area (Å²) in [5.74, 6) is 0. The first kappa shape index (κ1) is 11.3. The Morgan fingerprint density at radius 2 is 2.44 bits per heavy atom. The van der Waals surface area contributed by atoms with Gasteiger partial charge in [-0.15, -0.1) is 11.3 Å². The van der Waals surface area contributed by atoms with Gasteiger partial charge in [0.15, 0.2) is 0 Å². The average Bonchev–Trinajstić information content (AvgIpc) is 2.67. The van der Waals surface area contributed by atoms with E-state index < -0.39 is 0 Å². The molecular weight excluding hydrogens is 292 g/mol. The molecule has 0 saturated heterocycles. The van der Waals surface area contributed by atoms with E-state index in [0.717, 1.165) is 10.6 Å². The maximum atomic E-state index is 11.3. The number of aromatic nitrogens is 3. The van der Waals surface area contributed by atoms with Crippen LogP contribution in [0.2, 0.25) is 0 Å². The zero-order valence-electron chi connectivity index (χ0n) is 8.45. The van der Waals surface area contributed by atoms with E-state index >= 15 is 0 Å². The molecule has 0 aliphatic rings. The second-order valence-corrected chi connectivity index (χ2v) is 4.87. The lowest BCUT2D eigenvalue weighted by molar-refractivity contribution is 0.971. The minimum atomic E-state index is -0.244. The highest BCUT2D eigenvalue weighted by Crippen LogP contribution is 2.18. The maximum Gasteiger partial charge on any atom is 0.280 e. The van der Waals surface area contributed by atoms with E-state index in [1.54, 1.807) is 23.0 Å². The van der Waals surface area contributed by atoms with E-state index in [0.29, 0.717) is 16.7 Å². The van der Waals surface area contributed by atoms with E-state index in [9.17, 15) is 4.79 Å². The van der Waals surface area contributed by atoms with Crippen molar-refractivity contribution in [2.45, 2.75) is 13.5 Å². The number of nitrogens with zero attached hydrogens (tertiary/aromatic N) is 2. The molecule has 84 valence electrons. The molecule has 2 N–H and O–H groups in total. The van der Waals surface area contributed by atoms with E-state index in [-0.39, 0.29) is 5.56 Å². The van der Waals surface area contributed by atoms with Crippen LogP contribution in [0.25, 0.3) is 0 Å². The van der Waals surface area contributed by atoms with Crippen molar-refractivity contribution in [1.82, 2.24) is 15.2 Å². The molecule has 0 unspecified atom stereocenters. The smallest absolute Gasteiger partial charge is 0.280 e. The number of rotatable bonds is 3. The van der Waals surface area contributed by atoms with Gasteiger partial charge in [0.05, 0.1) is 29.6 Å². The summed E-state index contributed by atoms with van der Waals surface area (Å²) < 4.78 is 0.463. The molecule has 0 fully saturated rings. The van der Waals surface area contributed by atoms with Crippen molar-refractivity contribution in [2.75, 3.05) is 5.32 Å². The van der Waals surface area contributed by atoms with Gasteiger partial charge in [-0.3, -0.25) is 4.79 Å². The van der Waals surface area contributed by atoms with Gasteiger partial charge in [-0.2, -0.15) is 5.10 Å². The molecule has 0 aliphatic carbocycles. The fourth-order valence-corrected chi connectivity index (χ4v) is 2.23. The Hall–Kier alpha value is -1.21. The topological polar surface area (TPSA) is 70.7 Å². The molecule has 0 bridgehead atoms. The van der Waals surface area contributed by atoms with Gasteiger partial charge < -0.3 is 5.32 Å². The lowest BCUT2D eigenvalue weighted by Gasteiger charge is -2.05. The molecule has 0 aliphatic heterocycles. The Bertz CT molecular complexity index is 550. The number of H-pyrrole nitrogens is 1. The number of thiazole rings is 1. The first-order valence-electron chi connectivity index (χ1n) is 4.54. The van der Waals surface area contributed by atoms with Crippen molar-refractivity contribution >= 4 is 33.0 Å². The Balaban J connectivity index is 2.14. The monoisotopic (exact) mass is 300 g/mol. The minimum absolute atomic E-state index is 0.244. The molecule has 2 rings (SSSR count). The van der Waals surface area contributed by atoms with Crippen LogP contribution in [0.5, 0.6) is 0 Å². The number of aryl methyl sites for hydroxylation is 1. The quantitative estimate of drug-likeness (QED) is 0.908. The molecular formula is C9H9BrN4OS. The summed E-state index contributed by atoms with van der Waals surface area (Å²) in [6.07, 6.45) is 1.57. The van der Waals surface area contributed by atoms with E-state index in [2.05, 4.69) is 36.4 Å². The van der Waals surface area contributed by atoms with Crippen LogP contribution < -0.4 is 10.9 Å². The molecule has 5 nitrogen and oxygen atoms in total. The summed E-state index contributed by atoms with van der Waals surface area (Å²) in [5.41, 5.74) is 3.24. The van der Waals surface area contributed by atoms with Crippen LogP contribution >= 0.6 is 27.3 Å². The number of aromatic amines is 1. The summed E-state index contributed by atoms with van der Waals surface area (Å²) in [6.45, 7) is 2.60. The zero-order valence-corrected chi connectivity index (χ0v) is 10.9. The Kier molecular flexibility index (Phi) is 3.35. The molecule has 0 amide bonds. The predicted octanol–water partition coefficient (Wildman–Crippen LogP) is 1.91. The molecule has 7 heteroatoms. The molecule has 16 heavy (non-hydrogen) atoms. The third kappa shape index (κ3) is 2.30. The van der Waals surface area contributed by atoms with Gasteiger partial charge >= 0.3 is 0 Å². The molecule has 0 radical (unpaired) electrons. The van der Waals surface area contributed by atoms with Gasteiger partial charge in [-0.05, 0) is 22.9 Å². The highest BCUT2D eigenvalue weighted by Gasteiger charge is 2.05. The SMILES string of the molecule is Cc1ncsc1CNc1cn[nH]c(=O)c1Br. The van der Waals surface area contributed by atoms with Crippen LogP contribution in [0.3, 0.4) is 0 Å². The van der Waals surface area contributed by atoms with Gasteiger partial charge in [-0.1, -0.05) is 0 Å². The van der Waals surface area contributed by atoms with E-state index in [4.69, 9.17) is 0 Å². The van der Waals surface area contributed by atoms with Crippen LogP contribution in [0.4, 0.5) is 5.69 Å². The number of halogens is 1. The fourth-order valence-electron chi connectivity index (χ4n) is 1.18. The van der Waals surface area contributed by atoms with Crippen LogP contribution in [0, 0.1) is 6.92 Å². The van der Waals surface area contributed by atoms with E-state index in [1.807, 2.05) is 6.92 Å². The van der Waals surface area contributed by atoms with Gasteiger partial charge in [0.25, 0.3) is 5.56 Å². The van der Waals surface area contributed by atoms with Gasteiger partial charge in [0.2, 0.25) is 0 Å². The summed E-state index contributed by atoms with van der Waals surface area (Å²) in [7, 11) is 0. The standard InChI is InChI=1S/C9H9BrN4OS/c1-5-7(16-4-12-5)3-11-6-2-13-14-9(15)8(6)10/h2,4H,3H2,1H3,(H2,11,14,15). The highest BCUT2D eigenvalue weighted by molar-refractivity contribution is 9.10. The number of anilines is 1. The molecule has 2 aromatic heterocycles. The number of nitrogens with one attached hydrogen (secondary N) is 2. The van der Waals surface area contributed by atoms with Crippen molar-refractivity contribution in [3.8, 4) is 0 Å². The summed E-state index contributed by atoms with van der Waals surface area (Å²) in [6, 6.07) is 0. The normalized spacial score (nSPS) is 10.4. The molecule has 2 aromatic rings. The number of hydrogen-bond acceptors (Lipinski definition) is 5. The van der Waals surface area contributed by atoms with Crippen molar-refractivity contribution in [3.63, 3.8) is 0 Å². The van der Waals surface area contributed by atoms with Crippen LogP contribution in [-0.4, -0.2) is 15.2 Å². The molecule has 2 heterocycles. The summed E-state index contributed by atoms with van der Waals surface area (Å²) >= 11 is 4.79. The minimum Gasteiger partial charge on any atom is -0.378 e. The van der Waals surface area contributed by atoms with Crippen molar-refractivity contribution in [1.29, 1.82) is 0 Å². The third-order valence-corrected chi connectivity index (χ3v) is 3.80. The van der Waals surface area contributed by atoms with Crippen LogP contribution in [0.1, 0.15) is 10.6 Å². The van der Waals surface area contributed by atoms with Gasteiger partial charge in [-0.25, -0.2) is 10.1 Å². The molecule has 0 spiro atoms. The van der Waals surface area contributed by atoms with Crippen LogP contribution in [0.15, 0.2) is 21.0 Å². The van der Waals surface area contributed by atoms with Crippen molar-refractivity contribution in [2.24, 2.45) is 0 Å². The maximum absolute atomic E-state index is 11.3. The second-order valence-electron chi connectivity index (χ2n) is 3.14. The first-order valence-corrected chi connectivity index (χ1v) is 6.21. The lowest BCUT2D eigenvalue weighted by atomic mass is 10.4. The van der Waals surface area contributed by atoms with Crippen molar-refractivity contribution < 1.29 is 0 Å². The van der Waals surface area contributed by atoms with Gasteiger partial charge in [0.1, 0.15) is 4.47 Å². The van der Waals surface area contributed by atoms with E-state index in [1.165, 1.54) is 0 Å². The second kappa shape index (κ2) is 4.75. The average molecular weight is 301 g/mol. The molecule has 0 aromatic carbocycles. The zero-order chi connectivity index (χ0) is 11.5. The summed E-state index contributed by atoms with van der Waals surface area (Å²) in [4.78, 5) is 16.6. The Morgan fingerprint density at radius 1 is 1.62 bits per heavy atom. The van der Waals surface area contributed by atoms with Crippen LogP contribution in [-0.2, 0) is 6.54 Å². The molecule has 0 atom stereocenters. The Labute approximate surface area is 104 Å².